The van der Waals surface area contributed by atoms with Crippen molar-refractivity contribution in [2.75, 3.05) is 13.7 Å². The largest absolute Gasteiger partial charge is 0.497 e. The molecule has 1 aromatic heterocycles. The molecule has 2 aromatic carbocycles. The van der Waals surface area contributed by atoms with Crippen LogP contribution in [0.15, 0.2) is 57.9 Å². The number of ether oxygens (including phenoxy) is 1. The molecular formula is C17H16ClN3O4S. The van der Waals surface area contributed by atoms with E-state index in [4.69, 9.17) is 20.9 Å². The number of hydrogen-bond donors (Lipinski definition) is 1. The lowest BCUT2D eigenvalue weighted by Gasteiger charge is -2.05. The highest BCUT2D eigenvalue weighted by Crippen LogP contribution is 2.21. The quantitative estimate of drug-likeness (QED) is 0.663. The Kier molecular flexibility index (Phi) is 5.55. The van der Waals surface area contributed by atoms with Crippen LogP contribution in [0.5, 0.6) is 5.75 Å². The van der Waals surface area contributed by atoms with Crippen LogP contribution in [0.4, 0.5) is 0 Å². The molecule has 0 bridgehead atoms. The maximum absolute atomic E-state index is 12.2. The molecule has 1 N–H and O–H groups in total. The molecule has 26 heavy (non-hydrogen) atoms. The number of hydrogen-bond acceptors (Lipinski definition) is 6. The molecule has 0 aliphatic carbocycles. The van der Waals surface area contributed by atoms with Crippen LogP contribution in [-0.4, -0.2) is 32.2 Å². The third kappa shape index (κ3) is 4.40. The number of benzene rings is 2. The summed E-state index contributed by atoms with van der Waals surface area (Å²) in [4.78, 5) is 4.42. The van der Waals surface area contributed by atoms with Gasteiger partial charge in [0.05, 0.1) is 12.0 Å². The van der Waals surface area contributed by atoms with E-state index in [1.807, 2.05) is 18.2 Å². The van der Waals surface area contributed by atoms with Crippen LogP contribution in [0.2, 0.25) is 5.02 Å². The van der Waals surface area contributed by atoms with Crippen LogP contribution in [-0.2, 0) is 16.4 Å². The van der Waals surface area contributed by atoms with Crippen LogP contribution < -0.4 is 9.46 Å². The normalized spacial score (nSPS) is 11.5. The molecule has 1 heterocycles. The zero-order chi connectivity index (χ0) is 18.6. The summed E-state index contributed by atoms with van der Waals surface area (Å²) in [5.41, 5.74) is 0.751. The second kappa shape index (κ2) is 7.86. The van der Waals surface area contributed by atoms with Crippen molar-refractivity contribution in [3.05, 3.63) is 59.4 Å². The highest BCUT2D eigenvalue weighted by Gasteiger charge is 2.15. The van der Waals surface area contributed by atoms with Crippen molar-refractivity contribution in [1.29, 1.82) is 0 Å². The van der Waals surface area contributed by atoms with Crippen molar-refractivity contribution in [2.45, 2.75) is 11.3 Å². The van der Waals surface area contributed by atoms with Crippen LogP contribution in [0.3, 0.4) is 0 Å². The first-order chi connectivity index (χ1) is 12.5. The van der Waals surface area contributed by atoms with Gasteiger partial charge in [-0.2, -0.15) is 4.98 Å². The number of nitrogens with zero attached hydrogens (tertiary/aromatic N) is 2. The smallest absolute Gasteiger partial charge is 0.240 e. The summed E-state index contributed by atoms with van der Waals surface area (Å²) in [6, 6.07) is 13.2. The average Bonchev–Trinajstić information content (AvgIpc) is 3.11. The molecule has 0 aliphatic heterocycles. The van der Waals surface area contributed by atoms with Crippen molar-refractivity contribution >= 4 is 21.6 Å². The zero-order valence-corrected chi connectivity index (χ0v) is 15.4. The van der Waals surface area contributed by atoms with E-state index in [9.17, 15) is 8.42 Å². The number of halogens is 1. The third-order valence-corrected chi connectivity index (χ3v) is 5.28. The topological polar surface area (TPSA) is 94.3 Å². The molecule has 3 aromatic rings. The minimum absolute atomic E-state index is 0.130. The van der Waals surface area contributed by atoms with E-state index < -0.39 is 10.0 Å². The highest BCUT2D eigenvalue weighted by molar-refractivity contribution is 7.89. The Morgan fingerprint density at radius 3 is 2.69 bits per heavy atom. The fourth-order valence-electron chi connectivity index (χ4n) is 2.23. The van der Waals surface area contributed by atoms with Crippen molar-refractivity contribution in [3.8, 4) is 17.1 Å². The lowest BCUT2D eigenvalue weighted by atomic mass is 10.2. The molecule has 0 saturated carbocycles. The van der Waals surface area contributed by atoms with Gasteiger partial charge in [0.15, 0.2) is 0 Å². The Bertz CT molecular complexity index is 987. The summed E-state index contributed by atoms with van der Waals surface area (Å²) >= 11 is 5.77. The summed E-state index contributed by atoms with van der Waals surface area (Å²) in [5.74, 6) is 1.44. The van der Waals surface area contributed by atoms with Crippen LogP contribution in [0, 0.1) is 0 Å². The molecule has 3 rings (SSSR count). The summed E-state index contributed by atoms with van der Waals surface area (Å²) < 4.78 is 37.2. The van der Waals surface area contributed by atoms with E-state index in [0.717, 1.165) is 5.56 Å². The lowest BCUT2D eigenvalue weighted by molar-refractivity contribution is 0.379. The van der Waals surface area contributed by atoms with Gasteiger partial charge in [0, 0.05) is 23.6 Å². The molecule has 0 fully saturated rings. The summed E-state index contributed by atoms with van der Waals surface area (Å²) in [6.07, 6.45) is 0.268. The van der Waals surface area contributed by atoms with Gasteiger partial charge in [-0.05, 0) is 36.4 Å². The van der Waals surface area contributed by atoms with E-state index in [2.05, 4.69) is 14.9 Å². The van der Waals surface area contributed by atoms with Gasteiger partial charge in [0.1, 0.15) is 5.75 Å². The average molecular weight is 394 g/mol. The molecular weight excluding hydrogens is 378 g/mol. The Morgan fingerprint density at radius 2 is 1.96 bits per heavy atom. The zero-order valence-electron chi connectivity index (χ0n) is 13.8. The Balaban J connectivity index is 1.62. The summed E-state index contributed by atoms with van der Waals surface area (Å²) in [5, 5.41) is 4.38. The molecule has 7 nitrogen and oxygen atoms in total. The second-order valence-corrected chi connectivity index (χ2v) is 7.55. The first-order valence-corrected chi connectivity index (χ1v) is 9.56. The number of sulfonamides is 1. The standard InChI is InChI=1S/C17H16ClN3O4S/c1-24-14-4-2-3-12(11-14)17-20-16(25-21-17)9-10-19-26(22,23)15-7-5-13(18)6-8-15/h2-8,11,19H,9-10H2,1H3. The number of rotatable bonds is 7. The van der Waals surface area contributed by atoms with Crippen molar-refractivity contribution in [3.63, 3.8) is 0 Å². The van der Waals surface area contributed by atoms with Crippen LogP contribution in [0.25, 0.3) is 11.4 Å². The number of nitrogens with one attached hydrogen (secondary N) is 1. The summed E-state index contributed by atoms with van der Waals surface area (Å²) in [7, 11) is -2.04. The number of aromatic nitrogens is 2. The first kappa shape index (κ1) is 18.4. The molecule has 0 spiro atoms. The SMILES string of the molecule is COc1cccc(-c2noc(CCNS(=O)(=O)c3ccc(Cl)cc3)n2)c1. The molecule has 0 aliphatic rings. The van der Waals surface area contributed by atoms with Gasteiger partial charge in [0.25, 0.3) is 0 Å². The molecule has 0 radical (unpaired) electrons. The third-order valence-electron chi connectivity index (χ3n) is 3.55. The maximum atomic E-state index is 12.2. The minimum Gasteiger partial charge on any atom is -0.497 e. The van der Waals surface area contributed by atoms with Crippen molar-refractivity contribution in [2.24, 2.45) is 0 Å². The molecule has 0 atom stereocenters. The first-order valence-electron chi connectivity index (χ1n) is 7.70. The Labute approximate surface area is 156 Å². The van der Waals surface area contributed by atoms with E-state index in [1.165, 1.54) is 24.3 Å². The van der Waals surface area contributed by atoms with Crippen LogP contribution in [0.1, 0.15) is 5.89 Å². The van der Waals surface area contributed by atoms with Crippen LogP contribution >= 0.6 is 11.6 Å². The Morgan fingerprint density at radius 1 is 1.19 bits per heavy atom. The lowest BCUT2D eigenvalue weighted by Crippen LogP contribution is -2.26. The van der Waals surface area contributed by atoms with E-state index >= 15 is 0 Å². The van der Waals surface area contributed by atoms with Gasteiger partial charge in [-0.25, -0.2) is 13.1 Å². The van der Waals surface area contributed by atoms with Gasteiger partial charge in [0.2, 0.25) is 21.7 Å². The fourth-order valence-corrected chi connectivity index (χ4v) is 3.38. The minimum atomic E-state index is -3.62. The molecule has 136 valence electrons. The maximum Gasteiger partial charge on any atom is 0.240 e. The predicted octanol–water partition coefficient (Wildman–Crippen LogP) is 2.92. The molecule has 0 saturated heterocycles. The van der Waals surface area contributed by atoms with E-state index in [-0.39, 0.29) is 17.9 Å². The van der Waals surface area contributed by atoms with Crippen molar-refractivity contribution < 1.29 is 17.7 Å². The monoisotopic (exact) mass is 393 g/mol. The van der Waals surface area contributed by atoms with E-state index in [1.54, 1.807) is 13.2 Å². The number of methoxy groups -OCH3 is 1. The highest BCUT2D eigenvalue weighted by atomic mass is 35.5. The Hall–Kier alpha value is -2.42. The fraction of sp³-hybridized carbons (Fsp3) is 0.176. The van der Waals surface area contributed by atoms with Gasteiger partial charge in [-0.3, -0.25) is 0 Å². The van der Waals surface area contributed by atoms with Gasteiger partial charge in [-0.1, -0.05) is 28.9 Å². The predicted molar refractivity (Wildman–Crippen MR) is 96.6 cm³/mol. The second-order valence-electron chi connectivity index (χ2n) is 5.35. The molecule has 0 amide bonds. The van der Waals surface area contributed by atoms with E-state index in [0.29, 0.717) is 22.5 Å². The van der Waals surface area contributed by atoms with Gasteiger partial charge in [-0.15, -0.1) is 0 Å². The van der Waals surface area contributed by atoms with Gasteiger partial charge < -0.3 is 9.26 Å². The van der Waals surface area contributed by atoms with Crippen molar-refractivity contribution in [1.82, 2.24) is 14.9 Å². The molecule has 9 heteroatoms. The summed E-state index contributed by atoms with van der Waals surface area (Å²) in [6.45, 7) is 0.130. The van der Waals surface area contributed by atoms with Gasteiger partial charge >= 0.3 is 0 Å². The molecule has 0 unspecified atom stereocenters.